The normalized spacial score (nSPS) is 12.1. The summed E-state index contributed by atoms with van der Waals surface area (Å²) in [6.45, 7) is 0. The molecule has 0 aliphatic rings. The predicted molar refractivity (Wildman–Crippen MR) is 117 cm³/mol. The van der Waals surface area contributed by atoms with Crippen LogP contribution in [-0.2, 0) is 11.1 Å². The van der Waals surface area contributed by atoms with Crippen molar-refractivity contribution >= 4 is 37.9 Å². The molecular formula is C22H10BrF6NO4S. The van der Waals surface area contributed by atoms with Gasteiger partial charge in [0.15, 0.2) is 0 Å². The van der Waals surface area contributed by atoms with Crippen LogP contribution in [-0.4, -0.2) is 15.9 Å². The Kier molecular flexibility index (Phi) is 6.64. The molecule has 4 aromatic rings. The molecule has 0 N–H and O–H groups in total. The Balaban J connectivity index is 1.81. The fraction of sp³-hybridized carbons (Fsp3) is 0.0455. The lowest BCUT2D eigenvalue weighted by Crippen LogP contribution is -2.18. The van der Waals surface area contributed by atoms with Crippen LogP contribution in [0.5, 0.6) is 11.5 Å². The zero-order valence-corrected chi connectivity index (χ0v) is 19.6. The lowest BCUT2D eigenvalue weighted by atomic mass is 10.2. The van der Waals surface area contributed by atoms with Gasteiger partial charge in [-0.15, -0.1) is 0 Å². The Labute approximate surface area is 203 Å². The monoisotopic (exact) mass is 577 g/mol. The van der Waals surface area contributed by atoms with Gasteiger partial charge in [-0.05, 0) is 46.3 Å². The van der Waals surface area contributed by atoms with Gasteiger partial charge in [-0.3, -0.25) is 9.36 Å². The molecule has 3 aromatic carbocycles. The smallest absolute Gasteiger partial charge is 0.255 e. The molecule has 0 aliphatic heterocycles. The molecule has 1 aromatic heterocycles. The molecule has 182 valence electrons. The second-order valence-corrected chi connectivity index (χ2v) is 8.84. The Bertz CT molecular complexity index is 1560. The summed E-state index contributed by atoms with van der Waals surface area (Å²) in [5.41, 5.74) is -0.311. The summed E-state index contributed by atoms with van der Waals surface area (Å²) in [4.78, 5) is 12.4. The molecule has 35 heavy (non-hydrogen) atoms. The number of halogens is 7. The Morgan fingerprint density at radius 3 is 2.11 bits per heavy atom. The van der Waals surface area contributed by atoms with Gasteiger partial charge >= 0.3 is 0 Å². The largest absolute Gasteiger partial charge is 0.495 e. The van der Waals surface area contributed by atoms with Crippen LogP contribution in [0.2, 0.25) is 0 Å². The number of pyridine rings is 1. The highest BCUT2D eigenvalue weighted by atomic mass is 79.9. The summed E-state index contributed by atoms with van der Waals surface area (Å²) < 4.78 is 106. The third kappa shape index (κ3) is 4.29. The molecule has 0 saturated carbocycles. The van der Waals surface area contributed by atoms with Gasteiger partial charge in [-0.2, -0.15) is 8.78 Å². The van der Waals surface area contributed by atoms with E-state index < -0.39 is 57.3 Å². The first kappa shape index (κ1) is 24.8. The molecule has 1 heterocycles. The number of benzene rings is 3. The summed E-state index contributed by atoms with van der Waals surface area (Å²) >= 11 is 0.309. The van der Waals surface area contributed by atoms with Crippen molar-refractivity contribution < 1.29 is 39.5 Å². The molecule has 0 aliphatic carbocycles. The first-order valence-corrected chi connectivity index (χ1v) is 11.2. The molecule has 0 saturated heterocycles. The summed E-state index contributed by atoms with van der Waals surface area (Å²) in [6, 6.07) is 8.45. The lowest BCUT2D eigenvalue weighted by Gasteiger charge is -2.15. The maximum atomic E-state index is 14.2. The zero-order valence-electron chi connectivity index (χ0n) is 17.2. The van der Waals surface area contributed by atoms with Crippen molar-refractivity contribution in [1.29, 1.82) is 0 Å². The van der Waals surface area contributed by atoms with E-state index in [9.17, 15) is 35.3 Å². The van der Waals surface area contributed by atoms with Crippen molar-refractivity contribution in [2.45, 2.75) is 4.90 Å². The molecule has 0 spiro atoms. The Hall–Kier alpha value is -3.32. The van der Waals surface area contributed by atoms with Crippen LogP contribution in [0.3, 0.4) is 0 Å². The maximum absolute atomic E-state index is 14.2. The maximum Gasteiger partial charge on any atom is 0.255 e. The van der Waals surface area contributed by atoms with Gasteiger partial charge in [0.05, 0.1) is 27.7 Å². The van der Waals surface area contributed by atoms with Crippen LogP contribution in [0, 0.1) is 34.9 Å². The molecule has 13 heteroatoms. The third-order valence-corrected chi connectivity index (χ3v) is 6.41. The van der Waals surface area contributed by atoms with Gasteiger partial charge in [-0.25, -0.2) is 21.8 Å². The number of rotatable bonds is 5. The van der Waals surface area contributed by atoms with Gasteiger partial charge in [-0.1, -0.05) is 0 Å². The van der Waals surface area contributed by atoms with Crippen LogP contribution in [0.1, 0.15) is 0 Å². The highest BCUT2D eigenvalue weighted by Gasteiger charge is 2.29. The minimum Gasteiger partial charge on any atom is -0.495 e. The molecule has 4 rings (SSSR count). The summed E-state index contributed by atoms with van der Waals surface area (Å²) in [7, 11) is 1.32. The van der Waals surface area contributed by atoms with Gasteiger partial charge < -0.3 is 8.92 Å². The average Bonchev–Trinajstić information content (AvgIpc) is 2.85. The van der Waals surface area contributed by atoms with Crippen molar-refractivity contribution in [1.82, 2.24) is 4.57 Å². The van der Waals surface area contributed by atoms with Gasteiger partial charge in [0.1, 0.15) is 11.6 Å². The molecule has 1 unspecified atom stereocenters. The molecule has 0 fully saturated rings. The van der Waals surface area contributed by atoms with E-state index in [1.807, 2.05) is 0 Å². The number of hydrogen-bond donors (Lipinski definition) is 0. The van der Waals surface area contributed by atoms with E-state index in [1.54, 1.807) is 0 Å². The SMILES string of the molecule is COc1cc(Br)c(F)cc1-n1c(=O)ccc2cc(S(=O)Oc3c(F)c(F)c(F)c(F)c3F)ccc21. The van der Waals surface area contributed by atoms with E-state index in [-0.39, 0.29) is 31.7 Å². The Morgan fingerprint density at radius 2 is 1.49 bits per heavy atom. The lowest BCUT2D eigenvalue weighted by molar-refractivity contribution is 0.352. The van der Waals surface area contributed by atoms with E-state index in [4.69, 9.17) is 4.74 Å². The van der Waals surface area contributed by atoms with Crippen LogP contribution in [0.25, 0.3) is 16.6 Å². The van der Waals surface area contributed by atoms with E-state index in [0.717, 1.165) is 22.8 Å². The zero-order chi connectivity index (χ0) is 25.6. The van der Waals surface area contributed by atoms with Crippen molar-refractivity contribution in [3.8, 4) is 17.2 Å². The van der Waals surface area contributed by atoms with Crippen molar-refractivity contribution in [2.24, 2.45) is 0 Å². The number of hydrogen-bond acceptors (Lipinski definition) is 4. The van der Waals surface area contributed by atoms with E-state index >= 15 is 0 Å². The second kappa shape index (κ2) is 9.38. The average molecular weight is 578 g/mol. The fourth-order valence-corrected chi connectivity index (χ4v) is 4.33. The highest BCUT2D eigenvalue weighted by molar-refractivity contribution is 9.10. The minimum atomic E-state index is -2.72. The van der Waals surface area contributed by atoms with Crippen LogP contribution < -0.4 is 14.5 Å². The van der Waals surface area contributed by atoms with Crippen LogP contribution >= 0.6 is 15.9 Å². The molecular weight excluding hydrogens is 568 g/mol. The van der Waals surface area contributed by atoms with E-state index in [0.29, 0.717) is 0 Å². The number of methoxy groups -OCH3 is 1. The van der Waals surface area contributed by atoms with Crippen molar-refractivity contribution in [3.05, 3.63) is 92.2 Å². The van der Waals surface area contributed by atoms with Crippen LogP contribution in [0.4, 0.5) is 26.3 Å². The first-order valence-electron chi connectivity index (χ1n) is 9.36. The van der Waals surface area contributed by atoms with E-state index in [2.05, 4.69) is 20.1 Å². The number of nitrogens with zero attached hydrogens (tertiary/aromatic N) is 1. The number of ether oxygens (including phenoxy) is 1. The van der Waals surface area contributed by atoms with Gasteiger partial charge in [0, 0.05) is 17.5 Å². The standard InChI is InChI=1S/C22H10BrF6NO4S/c1-33-15-7-11(23)12(24)8-14(15)30-13-4-3-10(6-9(13)2-5-16(30)31)35(32)34-22-20(28)18(26)17(25)19(27)21(22)29/h2-8H,1H3. The third-order valence-electron chi connectivity index (χ3n) is 4.85. The molecule has 5 nitrogen and oxygen atoms in total. The van der Waals surface area contributed by atoms with Crippen molar-refractivity contribution in [2.75, 3.05) is 7.11 Å². The number of aromatic nitrogens is 1. The Morgan fingerprint density at radius 1 is 0.857 bits per heavy atom. The molecule has 0 amide bonds. The predicted octanol–water partition coefficient (Wildman–Crippen LogP) is 5.70. The second-order valence-electron chi connectivity index (χ2n) is 6.88. The van der Waals surface area contributed by atoms with Crippen LogP contribution in [0.15, 0.2) is 56.6 Å². The molecule has 0 radical (unpaired) electrons. The minimum absolute atomic E-state index is 0.0512. The number of fused-ring (bicyclic) bond motifs is 1. The molecule has 0 bridgehead atoms. The first-order chi connectivity index (χ1) is 16.5. The van der Waals surface area contributed by atoms with E-state index in [1.165, 1.54) is 31.4 Å². The van der Waals surface area contributed by atoms with Gasteiger partial charge in [0.25, 0.3) is 5.56 Å². The highest BCUT2D eigenvalue weighted by Crippen LogP contribution is 2.33. The van der Waals surface area contributed by atoms with Gasteiger partial charge in [0.2, 0.25) is 45.9 Å². The fourth-order valence-electron chi connectivity index (χ4n) is 3.21. The summed E-state index contributed by atoms with van der Waals surface area (Å²) in [5, 5.41) is 0.252. The van der Waals surface area contributed by atoms with Crippen molar-refractivity contribution in [3.63, 3.8) is 0 Å². The molecule has 1 atom stereocenters. The quantitative estimate of drug-likeness (QED) is 0.173. The topological polar surface area (TPSA) is 57.5 Å². The summed E-state index contributed by atoms with van der Waals surface area (Å²) in [6.07, 6.45) is 0. The summed E-state index contributed by atoms with van der Waals surface area (Å²) in [5.74, 6) is -13.7.